The molecule has 3 aromatic rings. The molecule has 2 N–H and O–H groups in total. The van der Waals surface area contributed by atoms with Crippen molar-refractivity contribution in [2.24, 2.45) is 0 Å². The van der Waals surface area contributed by atoms with E-state index in [2.05, 4.69) is 20.6 Å². The second-order valence-electron chi connectivity index (χ2n) is 5.09. The number of anilines is 3. The van der Waals surface area contributed by atoms with E-state index in [9.17, 15) is 22.4 Å². The summed E-state index contributed by atoms with van der Waals surface area (Å²) >= 11 is 0. The lowest BCUT2D eigenvalue weighted by Gasteiger charge is -2.09. The summed E-state index contributed by atoms with van der Waals surface area (Å²) in [5, 5.41) is 4.63. The van der Waals surface area contributed by atoms with Crippen molar-refractivity contribution in [2.75, 3.05) is 10.6 Å². The highest BCUT2D eigenvalue weighted by Crippen LogP contribution is 2.21. The van der Waals surface area contributed by atoms with Crippen LogP contribution in [0, 0.1) is 23.3 Å². The van der Waals surface area contributed by atoms with Gasteiger partial charge < -0.3 is 10.6 Å². The van der Waals surface area contributed by atoms with Crippen molar-refractivity contribution < 1.29 is 22.4 Å². The van der Waals surface area contributed by atoms with E-state index in [1.54, 1.807) is 0 Å². The molecular weight excluding hydrogens is 352 g/mol. The molecular formula is C17H10F4N4O. The van der Waals surface area contributed by atoms with E-state index in [4.69, 9.17) is 0 Å². The highest BCUT2D eigenvalue weighted by atomic mass is 19.1. The maximum Gasteiger partial charge on any atom is 0.274 e. The van der Waals surface area contributed by atoms with Crippen LogP contribution < -0.4 is 10.6 Å². The second kappa shape index (κ2) is 7.18. The van der Waals surface area contributed by atoms with Crippen LogP contribution in [0.4, 0.5) is 34.8 Å². The minimum absolute atomic E-state index is 0.0321. The van der Waals surface area contributed by atoms with Gasteiger partial charge in [0.05, 0.1) is 5.69 Å². The van der Waals surface area contributed by atoms with Gasteiger partial charge in [-0.15, -0.1) is 0 Å². The number of para-hydroxylation sites is 1. The fourth-order valence-corrected chi connectivity index (χ4v) is 2.07. The van der Waals surface area contributed by atoms with Gasteiger partial charge in [-0.1, -0.05) is 6.07 Å². The molecule has 9 heteroatoms. The van der Waals surface area contributed by atoms with E-state index in [-0.39, 0.29) is 17.2 Å². The van der Waals surface area contributed by atoms with Gasteiger partial charge in [0.25, 0.3) is 5.91 Å². The average molecular weight is 362 g/mol. The number of amides is 1. The molecule has 1 heterocycles. The van der Waals surface area contributed by atoms with Crippen molar-refractivity contribution in [3.05, 3.63) is 77.8 Å². The molecule has 1 aromatic heterocycles. The van der Waals surface area contributed by atoms with Gasteiger partial charge in [-0.3, -0.25) is 4.79 Å². The SMILES string of the molecule is O=C(Nc1c(F)cccc1F)c1cc(Nc2ccc(F)cc2F)ncn1. The number of benzene rings is 2. The van der Waals surface area contributed by atoms with Crippen molar-refractivity contribution in [1.82, 2.24) is 9.97 Å². The second-order valence-corrected chi connectivity index (χ2v) is 5.09. The molecule has 0 aliphatic carbocycles. The number of carbonyl (C=O) groups excluding carboxylic acids is 1. The Kier molecular flexibility index (Phi) is 4.78. The van der Waals surface area contributed by atoms with Crippen LogP contribution in [0.1, 0.15) is 10.5 Å². The summed E-state index contributed by atoms with van der Waals surface area (Å²) < 4.78 is 53.8. The molecule has 2 aromatic carbocycles. The lowest BCUT2D eigenvalue weighted by molar-refractivity contribution is 0.102. The number of rotatable bonds is 4. The van der Waals surface area contributed by atoms with Crippen LogP contribution in [0.2, 0.25) is 0 Å². The number of halogens is 4. The molecule has 26 heavy (non-hydrogen) atoms. The predicted octanol–water partition coefficient (Wildman–Crippen LogP) is 4.03. The quantitative estimate of drug-likeness (QED) is 0.688. The first kappa shape index (κ1) is 17.3. The Morgan fingerprint density at radius 1 is 0.885 bits per heavy atom. The Morgan fingerprint density at radius 3 is 2.31 bits per heavy atom. The fourth-order valence-electron chi connectivity index (χ4n) is 2.07. The molecule has 3 rings (SSSR count). The maximum atomic E-state index is 13.7. The summed E-state index contributed by atoms with van der Waals surface area (Å²) in [6.07, 6.45) is 1.01. The first-order valence-electron chi connectivity index (χ1n) is 7.23. The van der Waals surface area contributed by atoms with E-state index in [1.165, 1.54) is 0 Å². The van der Waals surface area contributed by atoms with Crippen LogP contribution in [0.3, 0.4) is 0 Å². The molecule has 5 nitrogen and oxygen atoms in total. The highest BCUT2D eigenvalue weighted by molar-refractivity contribution is 6.03. The van der Waals surface area contributed by atoms with E-state index >= 15 is 0 Å². The highest BCUT2D eigenvalue weighted by Gasteiger charge is 2.15. The normalized spacial score (nSPS) is 10.5. The fraction of sp³-hybridized carbons (Fsp3) is 0. The molecule has 0 aliphatic heterocycles. The molecule has 0 bridgehead atoms. The van der Waals surface area contributed by atoms with Crippen molar-refractivity contribution in [3.63, 3.8) is 0 Å². The third kappa shape index (κ3) is 3.77. The number of hydrogen-bond donors (Lipinski definition) is 2. The zero-order valence-corrected chi connectivity index (χ0v) is 12.9. The monoisotopic (exact) mass is 362 g/mol. The summed E-state index contributed by atoms with van der Waals surface area (Å²) in [6, 6.07) is 7.16. The van der Waals surface area contributed by atoms with Crippen molar-refractivity contribution in [1.29, 1.82) is 0 Å². The van der Waals surface area contributed by atoms with Gasteiger partial charge in [0.2, 0.25) is 0 Å². The molecule has 0 saturated carbocycles. The third-order valence-electron chi connectivity index (χ3n) is 3.29. The lowest BCUT2D eigenvalue weighted by Crippen LogP contribution is -2.16. The predicted molar refractivity (Wildman–Crippen MR) is 86.0 cm³/mol. The van der Waals surface area contributed by atoms with Gasteiger partial charge in [-0.2, -0.15) is 0 Å². The van der Waals surface area contributed by atoms with Gasteiger partial charge in [0, 0.05) is 12.1 Å². The van der Waals surface area contributed by atoms with E-state index < -0.39 is 34.9 Å². The van der Waals surface area contributed by atoms with E-state index in [1.807, 2.05) is 0 Å². The van der Waals surface area contributed by atoms with Gasteiger partial charge in [-0.05, 0) is 24.3 Å². The Labute approximate surface area is 144 Å². The van der Waals surface area contributed by atoms with Crippen molar-refractivity contribution in [2.45, 2.75) is 0 Å². The molecule has 0 saturated heterocycles. The van der Waals surface area contributed by atoms with E-state index in [0.717, 1.165) is 42.7 Å². The van der Waals surface area contributed by atoms with Crippen LogP contribution in [-0.2, 0) is 0 Å². The van der Waals surface area contributed by atoms with Gasteiger partial charge in [0.1, 0.15) is 46.8 Å². The number of nitrogens with one attached hydrogen (secondary N) is 2. The number of aromatic nitrogens is 2. The minimum atomic E-state index is -0.945. The standard InChI is InChI=1S/C17H10F4N4O/c18-9-4-5-13(12(21)6-9)24-15-7-14(22-8-23-15)17(26)25-16-10(19)2-1-3-11(16)20/h1-8H,(H,25,26)(H,22,23,24). The van der Waals surface area contributed by atoms with Crippen LogP contribution in [0.5, 0.6) is 0 Å². The van der Waals surface area contributed by atoms with Crippen LogP contribution in [0.15, 0.2) is 48.8 Å². The summed E-state index contributed by atoms with van der Waals surface area (Å²) in [4.78, 5) is 19.7. The summed E-state index contributed by atoms with van der Waals surface area (Å²) in [5.41, 5.74) is -0.903. The smallest absolute Gasteiger partial charge is 0.274 e. The van der Waals surface area contributed by atoms with Crippen LogP contribution in [0.25, 0.3) is 0 Å². The average Bonchev–Trinajstić information content (AvgIpc) is 2.61. The Morgan fingerprint density at radius 2 is 1.62 bits per heavy atom. The number of hydrogen-bond acceptors (Lipinski definition) is 4. The first-order valence-corrected chi connectivity index (χ1v) is 7.23. The number of carbonyl (C=O) groups is 1. The first-order chi connectivity index (χ1) is 12.4. The van der Waals surface area contributed by atoms with Crippen LogP contribution in [-0.4, -0.2) is 15.9 Å². The Hall–Kier alpha value is -3.49. The van der Waals surface area contributed by atoms with Gasteiger partial charge in [-0.25, -0.2) is 27.5 Å². The third-order valence-corrected chi connectivity index (χ3v) is 3.29. The number of nitrogens with zero attached hydrogens (tertiary/aromatic N) is 2. The molecule has 0 atom stereocenters. The maximum absolute atomic E-state index is 13.7. The molecule has 0 fully saturated rings. The topological polar surface area (TPSA) is 66.9 Å². The van der Waals surface area contributed by atoms with Gasteiger partial charge in [0.15, 0.2) is 0 Å². The summed E-state index contributed by atoms with van der Waals surface area (Å²) in [6.45, 7) is 0. The zero-order valence-electron chi connectivity index (χ0n) is 12.9. The molecule has 0 unspecified atom stereocenters. The van der Waals surface area contributed by atoms with Gasteiger partial charge >= 0.3 is 0 Å². The lowest BCUT2D eigenvalue weighted by atomic mass is 10.2. The zero-order chi connectivity index (χ0) is 18.7. The molecule has 0 radical (unpaired) electrons. The molecule has 0 aliphatic rings. The Bertz CT molecular complexity index is 960. The summed E-state index contributed by atoms with van der Waals surface area (Å²) in [5.74, 6) is -4.35. The van der Waals surface area contributed by atoms with Crippen LogP contribution >= 0.6 is 0 Å². The van der Waals surface area contributed by atoms with E-state index in [0.29, 0.717) is 6.07 Å². The van der Waals surface area contributed by atoms with Crippen molar-refractivity contribution >= 4 is 23.1 Å². The molecule has 1 amide bonds. The van der Waals surface area contributed by atoms with Crippen molar-refractivity contribution in [3.8, 4) is 0 Å². The molecule has 132 valence electrons. The largest absolute Gasteiger partial charge is 0.338 e. The summed E-state index contributed by atoms with van der Waals surface area (Å²) in [7, 11) is 0. The molecule has 0 spiro atoms. The Balaban J connectivity index is 1.81. The minimum Gasteiger partial charge on any atom is -0.338 e.